The Labute approximate surface area is 197 Å². The molecule has 33 heavy (non-hydrogen) atoms. The largest absolute Gasteiger partial charge is 0.355 e. The Morgan fingerprint density at radius 2 is 1.97 bits per heavy atom. The number of primary sulfonamides is 1. The molecule has 0 spiro atoms. The number of hydrogen-bond donors (Lipinski definition) is 2. The Hall–Kier alpha value is -2.69. The predicted molar refractivity (Wildman–Crippen MR) is 129 cm³/mol. The number of aromatic nitrogens is 1. The zero-order chi connectivity index (χ0) is 23.6. The number of amides is 2. The lowest BCUT2D eigenvalue weighted by Gasteiger charge is -2.32. The van der Waals surface area contributed by atoms with Gasteiger partial charge in [-0.1, -0.05) is 12.1 Å². The maximum Gasteiger partial charge on any atom is 0.270 e. The van der Waals surface area contributed by atoms with Gasteiger partial charge in [0.05, 0.1) is 21.0 Å². The lowest BCUT2D eigenvalue weighted by molar-refractivity contribution is -0.126. The topological polar surface area (TPSA) is 114 Å². The number of thiophene rings is 1. The first-order valence-electron chi connectivity index (χ1n) is 11.0. The number of piperidine rings is 1. The van der Waals surface area contributed by atoms with Gasteiger partial charge in [-0.3, -0.25) is 9.59 Å². The average Bonchev–Trinajstić information content (AvgIpc) is 3.39. The lowest BCUT2D eigenvalue weighted by atomic mass is 9.96. The van der Waals surface area contributed by atoms with E-state index in [1.807, 2.05) is 29.0 Å². The number of benzene rings is 1. The van der Waals surface area contributed by atoms with Gasteiger partial charge in [-0.2, -0.15) is 0 Å². The van der Waals surface area contributed by atoms with E-state index in [2.05, 4.69) is 5.32 Å². The van der Waals surface area contributed by atoms with Crippen molar-refractivity contribution in [2.24, 2.45) is 11.1 Å². The molecule has 3 heterocycles. The summed E-state index contributed by atoms with van der Waals surface area (Å²) in [6, 6.07) is 10.3. The second-order valence-electron chi connectivity index (χ2n) is 8.26. The summed E-state index contributed by atoms with van der Waals surface area (Å²) in [5, 5.41) is 10.1. The van der Waals surface area contributed by atoms with Crippen LogP contribution in [-0.4, -0.2) is 49.3 Å². The number of fused-ring (bicyclic) bond motifs is 1. The highest BCUT2D eigenvalue weighted by Crippen LogP contribution is 2.27. The van der Waals surface area contributed by atoms with Crippen LogP contribution in [0.15, 0.2) is 46.7 Å². The van der Waals surface area contributed by atoms with Crippen LogP contribution in [0.4, 0.5) is 0 Å². The number of aryl methyl sites for hydroxylation is 1. The summed E-state index contributed by atoms with van der Waals surface area (Å²) in [6.45, 7) is 4.25. The summed E-state index contributed by atoms with van der Waals surface area (Å²) in [4.78, 5) is 27.9. The molecule has 3 N–H and O–H groups in total. The van der Waals surface area contributed by atoms with Crippen molar-refractivity contribution in [2.75, 3.05) is 19.6 Å². The van der Waals surface area contributed by atoms with Crippen LogP contribution in [0.25, 0.3) is 10.2 Å². The number of carbonyl (C=O) groups excluding carboxylic acids is 2. The van der Waals surface area contributed by atoms with E-state index in [0.29, 0.717) is 31.7 Å². The Bertz CT molecular complexity index is 1260. The van der Waals surface area contributed by atoms with E-state index in [4.69, 9.17) is 5.14 Å². The zero-order valence-corrected chi connectivity index (χ0v) is 20.1. The summed E-state index contributed by atoms with van der Waals surface area (Å²) in [5.41, 5.74) is 2.67. The van der Waals surface area contributed by atoms with Crippen molar-refractivity contribution in [1.82, 2.24) is 14.8 Å². The maximum absolute atomic E-state index is 13.2. The van der Waals surface area contributed by atoms with Crippen LogP contribution in [0.5, 0.6) is 0 Å². The van der Waals surface area contributed by atoms with Gasteiger partial charge in [0.1, 0.15) is 5.69 Å². The molecular weight excluding hydrogens is 460 g/mol. The van der Waals surface area contributed by atoms with E-state index in [0.717, 1.165) is 35.2 Å². The molecule has 2 aromatic heterocycles. The van der Waals surface area contributed by atoms with E-state index in [9.17, 15) is 18.0 Å². The molecule has 4 rings (SSSR count). The first-order chi connectivity index (χ1) is 15.8. The molecule has 3 aromatic rings. The highest BCUT2D eigenvalue weighted by atomic mass is 32.2. The molecule has 8 nitrogen and oxygen atoms in total. The Morgan fingerprint density at radius 3 is 2.67 bits per heavy atom. The summed E-state index contributed by atoms with van der Waals surface area (Å²) >= 11 is 1.62. The van der Waals surface area contributed by atoms with E-state index < -0.39 is 10.0 Å². The molecule has 1 saturated heterocycles. The van der Waals surface area contributed by atoms with E-state index in [1.165, 1.54) is 12.1 Å². The second-order valence-corrected chi connectivity index (χ2v) is 10.8. The number of nitrogens with two attached hydrogens (primary N) is 1. The summed E-state index contributed by atoms with van der Waals surface area (Å²) in [6.07, 6.45) is 2.12. The third-order valence-corrected chi connectivity index (χ3v) is 7.88. The molecule has 2 amide bonds. The van der Waals surface area contributed by atoms with Crippen molar-refractivity contribution in [3.63, 3.8) is 0 Å². The van der Waals surface area contributed by atoms with Crippen LogP contribution in [0.2, 0.25) is 0 Å². The first-order valence-corrected chi connectivity index (χ1v) is 13.5. The van der Waals surface area contributed by atoms with Gasteiger partial charge in [0.25, 0.3) is 5.91 Å². The maximum atomic E-state index is 13.2. The minimum Gasteiger partial charge on any atom is -0.355 e. The highest BCUT2D eigenvalue weighted by molar-refractivity contribution is 7.89. The number of nitrogens with one attached hydrogen (secondary N) is 1. The first kappa shape index (κ1) is 23.5. The minimum atomic E-state index is -3.71. The molecule has 10 heteroatoms. The number of likely N-dealkylation sites (tertiary alicyclic amines) is 1. The lowest BCUT2D eigenvalue weighted by Crippen LogP contribution is -2.46. The minimum absolute atomic E-state index is 0.0207. The van der Waals surface area contributed by atoms with Crippen LogP contribution in [0.3, 0.4) is 0 Å². The molecule has 176 valence electrons. The number of nitrogens with zero attached hydrogens (tertiary/aromatic N) is 2. The van der Waals surface area contributed by atoms with E-state index in [1.54, 1.807) is 28.4 Å². The fourth-order valence-electron chi connectivity index (χ4n) is 4.35. The molecule has 0 aliphatic carbocycles. The molecule has 1 fully saturated rings. The van der Waals surface area contributed by atoms with Gasteiger partial charge in [0.15, 0.2) is 0 Å². The van der Waals surface area contributed by atoms with Crippen molar-refractivity contribution in [3.8, 4) is 0 Å². The normalized spacial score (nSPS) is 16.8. The Balaban J connectivity index is 1.33. The van der Waals surface area contributed by atoms with Crippen LogP contribution in [0, 0.1) is 5.92 Å². The molecule has 1 aliphatic rings. The Kier molecular flexibility index (Phi) is 6.87. The van der Waals surface area contributed by atoms with Crippen molar-refractivity contribution in [3.05, 3.63) is 53.0 Å². The summed E-state index contributed by atoms with van der Waals surface area (Å²) < 4.78 is 25.8. The molecular formula is C23H28N4O4S2. The van der Waals surface area contributed by atoms with E-state index >= 15 is 0 Å². The molecule has 0 radical (unpaired) electrons. The van der Waals surface area contributed by atoms with Gasteiger partial charge in [-0.05, 0) is 61.4 Å². The third kappa shape index (κ3) is 5.13. The fraction of sp³-hybridized carbons (Fsp3) is 0.391. The monoisotopic (exact) mass is 488 g/mol. The Morgan fingerprint density at radius 1 is 1.21 bits per heavy atom. The molecule has 1 atom stereocenters. The number of hydrogen-bond acceptors (Lipinski definition) is 5. The number of carbonyl (C=O) groups is 2. The fourth-order valence-corrected chi connectivity index (χ4v) is 5.69. The molecule has 1 aromatic carbocycles. The molecule has 0 bridgehead atoms. The zero-order valence-electron chi connectivity index (χ0n) is 18.5. The van der Waals surface area contributed by atoms with Gasteiger partial charge in [0.2, 0.25) is 15.9 Å². The van der Waals surface area contributed by atoms with Gasteiger partial charge >= 0.3 is 0 Å². The molecule has 1 aliphatic heterocycles. The SMILES string of the molecule is CCn1c(C(=O)N2CCCC(C(=O)NCCc3ccc(S(N)(=O)=O)cc3)C2)cc2sccc21. The van der Waals surface area contributed by atoms with Gasteiger partial charge in [-0.25, -0.2) is 13.6 Å². The van der Waals surface area contributed by atoms with Gasteiger partial charge < -0.3 is 14.8 Å². The smallest absolute Gasteiger partial charge is 0.270 e. The second kappa shape index (κ2) is 9.66. The summed E-state index contributed by atoms with van der Waals surface area (Å²) in [7, 11) is -3.71. The average molecular weight is 489 g/mol. The van der Waals surface area contributed by atoms with Crippen LogP contribution in [-0.2, 0) is 27.8 Å². The predicted octanol–water partition coefficient (Wildman–Crippen LogP) is 2.58. The summed E-state index contributed by atoms with van der Waals surface area (Å²) in [5.74, 6) is -0.313. The quantitative estimate of drug-likeness (QED) is 0.532. The van der Waals surface area contributed by atoms with Crippen molar-refractivity contribution in [1.29, 1.82) is 0 Å². The number of rotatable bonds is 7. The van der Waals surface area contributed by atoms with Crippen molar-refractivity contribution >= 4 is 43.4 Å². The van der Waals surface area contributed by atoms with Crippen molar-refractivity contribution in [2.45, 2.75) is 37.6 Å². The molecule has 1 unspecified atom stereocenters. The van der Waals surface area contributed by atoms with Gasteiger partial charge in [-0.15, -0.1) is 11.3 Å². The standard InChI is InChI=1S/C23H28N4O4S2/c1-2-27-19-10-13-32-21(19)14-20(27)23(29)26-12-3-4-17(15-26)22(28)25-11-9-16-5-7-18(8-6-16)33(24,30)31/h5-8,10,13-14,17H,2-4,9,11-12,15H2,1H3,(H,25,28)(H2,24,30,31). The number of sulfonamides is 1. The molecule has 0 saturated carbocycles. The third-order valence-electron chi connectivity index (χ3n) is 6.10. The van der Waals surface area contributed by atoms with E-state index in [-0.39, 0.29) is 22.6 Å². The van der Waals surface area contributed by atoms with Crippen LogP contribution in [0.1, 0.15) is 35.8 Å². The van der Waals surface area contributed by atoms with Crippen LogP contribution >= 0.6 is 11.3 Å². The van der Waals surface area contributed by atoms with Crippen LogP contribution < -0.4 is 10.5 Å². The highest BCUT2D eigenvalue weighted by Gasteiger charge is 2.30. The van der Waals surface area contributed by atoms with Gasteiger partial charge in [0, 0.05) is 26.2 Å². The van der Waals surface area contributed by atoms with Crippen molar-refractivity contribution < 1.29 is 18.0 Å².